The summed E-state index contributed by atoms with van der Waals surface area (Å²) in [6, 6.07) is 8.84. The van der Waals surface area contributed by atoms with Crippen LogP contribution >= 0.6 is 0 Å². The molecule has 1 aromatic rings. The van der Waals surface area contributed by atoms with Crippen LogP contribution in [0.5, 0.6) is 5.75 Å². The van der Waals surface area contributed by atoms with Crippen molar-refractivity contribution in [2.45, 2.75) is 89.9 Å². The maximum atomic E-state index is 6.76. The van der Waals surface area contributed by atoms with E-state index in [2.05, 4.69) is 38.1 Å². The predicted molar refractivity (Wildman–Crippen MR) is 109 cm³/mol. The first-order valence-electron chi connectivity index (χ1n) is 11.6. The summed E-state index contributed by atoms with van der Waals surface area (Å²) in [5.74, 6) is 5.71. The molecule has 0 N–H and O–H groups in total. The minimum Gasteiger partial charge on any atom is -0.465 e. The minimum absolute atomic E-state index is 0.0286. The third kappa shape index (κ3) is 3.55. The molecule has 0 heterocycles. The molecule has 8 unspecified atom stereocenters. The van der Waals surface area contributed by atoms with Crippen LogP contribution in [0.1, 0.15) is 83.1 Å². The van der Waals surface area contributed by atoms with Gasteiger partial charge >= 0.3 is 0 Å². The quantitative estimate of drug-likeness (QED) is 0.508. The highest BCUT2D eigenvalue weighted by Crippen LogP contribution is 2.52. The van der Waals surface area contributed by atoms with Gasteiger partial charge in [0.25, 0.3) is 0 Å². The van der Waals surface area contributed by atoms with Crippen LogP contribution in [-0.4, -0.2) is 12.4 Å². The van der Waals surface area contributed by atoms with Gasteiger partial charge in [-0.1, -0.05) is 32.4 Å². The van der Waals surface area contributed by atoms with Gasteiger partial charge in [-0.3, -0.25) is 0 Å². The molecule has 0 aliphatic heterocycles. The van der Waals surface area contributed by atoms with Crippen molar-refractivity contribution in [3.05, 3.63) is 29.8 Å². The normalized spacial score (nSPS) is 39.0. The Hall–Kier alpha value is -1.02. The second-order valence-electron chi connectivity index (χ2n) is 10.1. The largest absolute Gasteiger partial charge is 0.465 e. The van der Waals surface area contributed by atoms with Crippen molar-refractivity contribution < 1.29 is 9.47 Å². The molecule has 4 bridgehead atoms. The van der Waals surface area contributed by atoms with E-state index in [1.54, 1.807) is 0 Å². The Kier molecular flexibility index (Phi) is 4.96. The second kappa shape index (κ2) is 7.43. The molecule has 0 aromatic heterocycles. The maximum Gasteiger partial charge on any atom is 0.203 e. The van der Waals surface area contributed by atoms with E-state index in [9.17, 15) is 0 Å². The lowest BCUT2D eigenvalue weighted by Crippen LogP contribution is -2.38. The van der Waals surface area contributed by atoms with Crippen LogP contribution < -0.4 is 4.74 Å². The topological polar surface area (TPSA) is 18.5 Å². The number of hydrogen-bond acceptors (Lipinski definition) is 2. The zero-order valence-electron chi connectivity index (χ0n) is 17.1. The molecule has 4 saturated carbocycles. The van der Waals surface area contributed by atoms with Gasteiger partial charge in [-0.2, -0.15) is 0 Å². The van der Waals surface area contributed by atoms with Crippen LogP contribution in [0.25, 0.3) is 0 Å². The van der Waals surface area contributed by atoms with Crippen molar-refractivity contribution in [3.8, 4) is 5.75 Å². The predicted octanol–water partition coefficient (Wildman–Crippen LogP) is 6.55. The number of fused-ring (bicyclic) bond motifs is 4. The molecule has 27 heavy (non-hydrogen) atoms. The second-order valence-corrected chi connectivity index (χ2v) is 10.1. The van der Waals surface area contributed by atoms with Crippen molar-refractivity contribution in [1.82, 2.24) is 0 Å². The van der Waals surface area contributed by atoms with E-state index in [1.807, 2.05) is 0 Å². The summed E-state index contributed by atoms with van der Waals surface area (Å²) in [6.45, 7) is 4.55. The molecule has 8 atom stereocenters. The first-order valence-corrected chi connectivity index (χ1v) is 11.6. The van der Waals surface area contributed by atoms with Gasteiger partial charge in [0.2, 0.25) is 6.29 Å². The molecular weight excluding hydrogens is 332 g/mol. The lowest BCUT2D eigenvalue weighted by molar-refractivity contribution is -0.170. The third-order valence-electron chi connectivity index (χ3n) is 8.44. The van der Waals surface area contributed by atoms with E-state index in [0.717, 1.165) is 29.4 Å². The Morgan fingerprint density at radius 3 is 2.15 bits per heavy atom. The van der Waals surface area contributed by atoms with Crippen molar-refractivity contribution in [3.63, 3.8) is 0 Å². The molecule has 4 fully saturated rings. The van der Waals surface area contributed by atoms with Crippen LogP contribution in [-0.2, 0) is 4.74 Å². The standard InChI is InChI=1S/C25H36O2/c1-3-16(2)19-8-10-22(11-9-19)26-25(23-14-17-4-6-20(23)12-17)27-24-15-18-5-7-21(24)13-18/h8-11,16-18,20-21,23-25H,3-7,12-15H2,1-2H3. The molecule has 0 radical (unpaired) electrons. The van der Waals surface area contributed by atoms with Gasteiger partial charge in [-0.25, -0.2) is 0 Å². The van der Waals surface area contributed by atoms with Crippen LogP contribution in [0.15, 0.2) is 24.3 Å². The summed E-state index contributed by atoms with van der Waals surface area (Å²) < 4.78 is 13.3. The van der Waals surface area contributed by atoms with Crippen molar-refractivity contribution in [2.75, 3.05) is 0 Å². The zero-order valence-corrected chi connectivity index (χ0v) is 17.1. The minimum atomic E-state index is -0.0286. The molecule has 0 amide bonds. The average Bonchev–Trinajstić information content (AvgIpc) is 3.48. The Labute approximate surface area is 165 Å². The van der Waals surface area contributed by atoms with E-state index in [-0.39, 0.29) is 6.29 Å². The van der Waals surface area contributed by atoms with Crippen LogP contribution in [0.2, 0.25) is 0 Å². The summed E-state index contributed by atoms with van der Waals surface area (Å²) in [6.07, 6.45) is 12.7. The summed E-state index contributed by atoms with van der Waals surface area (Å²) in [7, 11) is 0. The zero-order chi connectivity index (χ0) is 18.4. The summed E-state index contributed by atoms with van der Waals surface area (Å²) in [5, 5.41) is 0. The van der Waals surface area contributed by atoms with Gasteiger partial charge in [0, 0.05) is 5.92 Å². The molecule has 148 valence electrons. The van der Waals surface area contributed by atoms with Gasteiger partial charge < -0.3 is 9.47 Å². The number of hydrogen-bond donors (Lipinski definition) is 0. The fraction of sp³-hybridized carbons (Fsp3) is 0.760. The summed E-state index contributed by atoms with van der Waals surface area (Å²) >= 11 is 0. The van der Waals surface area contributed by atoms with E-state index in [4.69, 9.17) is 9.47 Å². The van der Waals surface area contributed by atoms with E-state index < -0.39 is 0 Å². The Balaban J connectivity index is 1.30. The molecule has 2 heteroatoms. The van der Waals surface area contributed by atoms with Crippen LogP contribution in [0, 0.1) is 29.6 Å². The fourth-order valence-corrected chi connectivity index (χ4v) is 6.61. The summed E-state index contributed by atoms with van der Waals surface area (Å²) in [4.78, 5) is 0. The number of rotatable bonds is 7. The van der Waals surface area contributed by atoms with Gasteiger partial charge in [-0.05, 0) is 98.7 Å². The van der Waals surface area contributed by atoms with Crippen LogP contribution in [0.3, 0.4) is 0 Å². The first kappa shape index (κ1) is 18.0. The maximum absolute atomic E-state index is 6.76. The third-order valence-corrected chi connectivity index (χ3v) is 8.44. The highest BCUT2D eigenvalue weighted by Gasteiger charge is 2.48. The van der Waals surface area contributed by atoms with Gasteiger partial charge in [0.15, 0.2) is 0 Å². The lowest BCUT2D eigenvalue weighted by atomic mass is 9.88. The Morgan fingerprint density at radius 1 is 0.889 bits per heavy atom. The SMILES string of the molecule is CCC(C)c1ccc(OC(OC2CC3CCC2C3)C2CC3CCC2C3)cc1. The smallest absolute Gasteiger partial charge is 0.203 e. The average molecular weight is 369 g/mol. The molecular formula is C25H36O2. The highest BCUT2D eigenvalue weighted by molar-refractivity contribution is 5.29. The molecule has 0 spiro atoms. The van der Waals surface area contributed by atoms with Crippen LogP contribution in [0.4, 0.5) is 0 Å². The van der Waals surface area contributed by atoms with Crippen molar-refractivity contribution >= 4 is 0 Å². The molecule has 1 aromatic carbocycles. The van der Waals surface area contributed by atoms with E-state index in [1.165, 1.54) is 63.4 Å². The molecule has 4 aliphatic carbocycles. The number of benzene rings is 1. The molecule has 4 aliphatic rings. The van der Waals surface area contributed by atoms with E-state index in [0.29, 0.717) is 17.9 Å². The van der Waals surface area contributed by atoms with E-state index >= 15 is 0 Å². The molecule has 5 rings (SSSR count). The molecule has 0 saturated heterocycles. The van der Waals surface area contributed by atoms with Crippen molar-refractivity contribution in [2.24, 2.45) is 29.6 Å². The van der Waals surface area contributed by atoms with Gasteiger partial charge in [0.05, 0.1) is 6.10 Å². The first-order chi connectivity index (χ1) is 13.2. The van der Waals surface area contributed by atoms with Crippen molar-refractivity contribution in [1.29, 1.82) is 0 Å². The fourth-order valence-electron chi connectivity index (χ4n) is 6.61. The monoisotopic (exact) mass is 368 g/mol. The highest BCUT2D eigenvalue weighted by atomic mass is 16.7. The van der Waals surface area contributed by atoms with Gasteiger partial charge in [0.1, 0.15) is 5.75 Å². The Bertz CT molecular complexity index is 638. The van der Waals surface area contributed by atoms with Gasteiger partial charge in [-0.15, -0.1) is 0 Å². The Morgan fingerprint density at radius 2 is 1.59 bits per heavy atom. The summed E-state index contributed by atoms with van der Waals surface area (Å²) in [5.41, 5.74) is 1.41. The lowest BCUT2D eigenvalue weighted by Gasteiger charge is -2.34. The molecule has 2 nitrogen and oxygen atoms in total. The number of ether oxygens (including phenoxy) is 2.